The average Bonchev–Trinajstić information content (AvgIpc) is 2.63. The second-order valence-electron chi connectivity index (χ2n) is 5.16. The lowest BCUT2D eigenvalue weighted by Crippen LogP contribution is -2.26. The van der Waals surface area contributed by atoms with Crippen LogP contribution in [0.3, 0.4) is 0 Å². The minimum absolute atomic E-state index is 0.0998. The van der Waals surface area contributed by atoms with Gasteiger partial charge in [-0.25, -0.2) is 10.2 Å². The van der Waals surface area contributed by atoms with Crippen molar-refractivity contribution in [2.45, 2.75) is 6.92 Å². The van der Waals surface area contributed by atoms with Gasteiger partial charge < -0.3 is 15.2 Å². The molecule has 0 fully saturated rings. The second kappa shape index (κ2) is 9.07. The van der Waals surface area contributed by atoms with Crippen LogP contribution in [-0.4, -0.2) is 35.8 Å². The predicted octanol–water partition coefficient (Wildman–Crippen LogP) is 2.10. The van der Waals surface area contributed by atoms with E-state index in [0.29, 0.717) is 11.5 Å². The molecule has 0 heterocycles. The van der Waals surface area contributed by atoms with Crippen LogP contribution in [0.25, 0.3) is 0 Å². The number of hydrogen-bond acceptors (Lipinski definition) is 5. The Kier molecular flexibility index (Phi) is 6.53. The van der Waals surface area contributed by atoms with E-state index in [1.807, 2.05) is 30.3 Å². The molecule has 0 saturated carbocycles. The normalized spacial score (nSPS) is 10.8. The van der Waals surface area contributed by atoms with Gasteiger partial charge in [0.25, 0.3) is 5.91 Å². The Balaban J connectivity index is 1.88. The molecule has 130 valence electrons. The molecule has 0 aliphatic rings. The molecule has 0 radical (unpaired) electrons. The van der Waals surface area contributed by atoms with Crippen molar-refractivity contribution in [1.29, 1.82) is 0 Å². The molecule has 0 aliphatic heterocycles. The van der Waals surface area contributed by atoms with Gasteiger partial charge in [0.1, 0.15) is 5.75 Å². The number of hydrogen-bond donors (Lipinski definition) is 3. The van der Waals surface area contributed by atoms with Crippen LogP contribution in [0, 0.1) is 0 Å². The molecule has 7 heteroatoms. The summed E-state index contributed by atoms with van der Waals surface area (Å²) in [4.78, 5) is 22.4. The summed E-state index contributed by atoms with van der Waals surface area (Å²) in [5, 5.41) is 15.7. The lowest BCUT2D eigenvalue weighted by atomic mass is 10.1. The van der Waals surface area contributed by atoms with Crippen LogP contribution in [0.15, 0.2) is 59.7 Å². The van der Waals surface area contributed by atoms with Crippen LogP contribution < -0.4 is 15.5 Å². The Morgan fingerprint density at radius 3 is 2.60 bits per heavy atom. The number of para-hydroxylation sites is 1. The van der Waals surface area contributed by atoms with Crippen molar-refractivity contribution in [3.05, 3.63) is 60.2 Å². The molecule has 0 atom stereocenters. The zero-order valence-electron chi connectivity index (χ0n) is 13.7. The number of carbonyl (C=O) groups excluding carboxylic acids is 1. The highest BCUT2D eigenvalue weighted by Gasteiger charge is 2.04. The van der Waals surface area contributed by atoms with E-state index >= 15 is 0 Å². The first-order valence-electron chi connectivity index (χ1n) is 7.61. The van der Waals surface area contributed by atoms with Crippen molar-refractivity contribution in [1.82, 2.24) is 5.43 Å². The number of amides is 1. The van der Waals surface area contributed by atoms with Crippen LogP contribution in [0.5, 0.6) is 5.75 Å². The first kappa shape index (κ1) is 18.0. The third kappa shape index (κ3) is 6.34. The van der Waals surface area contributed by atoms with E-state index < -0.39 is 12.6 Å². The number of rotatable bonds is 8. The summed E-state index contributed by atoms with van der Waals surface area (Å²) in [5.41, 5.74) is 4.62. The highest BCUT2D eigenvalue weighted by molar-refractivity contribution is 5.99. The van der Waals surface area contributed by atoms with Gasteiger partial charge in [0.15, 0.2) is 6.61 Å². The fraction of sp³-hybridized carbons (Fsp3) is 0.167. The summed E-state index contributed by atoms with van der Waals surface area (Å²) in [7, 11) is 0. The van der Waals surface area contributed by atoms with Crippen molar-refractivity contribution in [3.63, 3.8) is 0 Å². The summed E-state index contributed by atoms with van der Waals surface area (Å²) in [5.74, 6) is -0.901. The van der Waals surface area contributed by atoms with Crippen molar-refractivity contribution in [3.8, 4) is 5.75 Å². The molecular weight excluding hydrogens is 322 g/mol. The van der Waals surface area contributed by atoms with Gasteiger partial charge in [0.05, 0.1) is 12.3 Å². The molecule has 0 aliphatic carbocycles. The molecule has 2 aromatic carbocycles. The van der Waals surface area contributed by atoms with E-state index in [4.69, 9.17) is 9.84 Å². The molecule has 0 bridgehead atoms. The van der Waals surface area contributed by atoms with Gasteiger partial charge in [-0.05, 0) is 31.2 Å². The van der Waals surface area contributed by atoms with E-state index in [1.165, 1.54) is 0 Å². The third-order valence-electron chi connectivity index (χ3n) is 3.19. The Labute approximate surface area is 145 Å². The maximum Gasteiger partial charge on any atom is 0.341 e. The van der Waals surface area contributed by atoms with Crippen LogP contribution in [0.1, 0.15) is 12.5 Å². The summed E-state index contributed by atoms with van der Waals surface area (Å²) < 4.78 is 5.12. The molecule has 3 N–H and O–H groups in total. The molecule has 1 amide bonds. The van der Waals surface area contributed by atoms with E-state index in [0.717, 1.165) is 11.3 Å². The number of aliphatic carboxylic acids is 1. The fourth-order valence-corrected chi connectivity index (χ4v) is 1.94. The van der Waals surface area contributed by atoms with Gasteiger partial charge in [0.2, 0.25) is 0 Å². The summed E-state index contributed by atoms with van der Waals surface area (Å²) in [6.45, 7) is 1.42. The SMILES string of the molecule is C/C(=N/NC(=O)CNc1ccccc1)c1cccc(OCC(=O)O)c1. The Morgan fingerprint density at radius 2 is 1.88 bits per heavy atom. The van der Waals surface area contributed by atoms with Crippen molar-refractivity contribution in [2.75, 3.05) is 18.5 Å². The van der Waals surface area contributed by atoms with E-state index in [9.17, 15) is 9.59 Å². The van der Waals surface area contributed by atoms with E-state index in [1.54, 1.807) is 31.2 Å². The first-order valence-corrected chi connectivity index (χ1v) is 7.61. The van der Waals surface area contributed by atoms with Crippen LogP contribution in [-0.2, 0) is 9.59 Å². The fourth-order valence-electron chi connectivity index (χ4n) is 1.94. The highest BCUT2D eigenvalue weighted by Crippen LogP contribution is 2.14. The van der Waals surface area contributed by atoms with Gasteiger partial charge in [-0.1, -0.05) is 30.3 Å². The van der Waals surface area contributed by atoms with Gasteiger partial charge >= 0.3 is 5.97 Å². The Bertz CT molecular complexity index is 760. The molecule has 0 aromatic heterocycles. The zero-order valence-corrected chi connectivity index (χ0v) is 13.7. The minimum Gasteiger partial charge on any atom is -0.482 e. The number of nitrogens with one attached hydrogen (secondary N) is 2. The maximum absolute atomic E-state index is 11.8. The number of ether oxygens (including phenoxy) is 1. The van der Waals surface area contributed by atoms with Gasteiger partial charge in [-0.2, -0.15) is 5.10 Å². The number of hydrazone groups is 1. The zero-order chi connectivity index (χ0) is 18.1. The number of nitrogens with zero attached hydrogens (tertiary/aromatic N) is 1. The quantitative estimate of drug-likeness (QED) is 0.504. The minimum atomic E-state index is -1.05. The topological polar surface area (TPSA) is 100 Å². The molecule has 25 heavy (non-hydrogen) atoms. The molecule has 2 aromatic rings. The number of benzene rings is 2. The first-order chi connectivity index (χ1) is 12.0. The molecule has 0 unspecified atom stereocenters. The summed E-state index contributed by atoms with van der Waals surface area (Å²) >= 11 is 0. The Hall–Kier alpha value is -3.35. The third-order valence-corrected chi connectivity index (χ3v) is 3.19. The van der Waals surface area contributed by atoms with E-state index in [2.05, 4.69) is 15.8 Å². The molecular formula is C18H19N3O4. The van der Waals surface area contributed by atoms with Crippen molar-refractivity contribution >= 4 is 23.3 Å². The predicted molar refractivity (Wildman–Crippen MR) is 94.9 cm³/mol. The number of carboxylic acids is 1. The average molecular weight is 341 g/mol. The number of carbonyl (C=O) groups is 2. The van der Waals surface area contributed by atoms with Crippen LogP contribution in [0.4, 0.5) is 5.69 Å². The lowest BCUT2D eigenvalue weighted by Gasteiger charge is -2.07. The second-order valence-corrected chi connectivity index (χ2v) is 5.16. The van der Waals surface area contributed by atoms with Crippen molar-refractivity contribution < 1.29 is 19.4 Å². The largest absolute Gasteiger partial charge is 0.482 e. The molecule has 7 nitrogen and oxygen atoms in total. The van der Waals surface area contributed by atoms with Gasteiger partial charge in [0, 0.05) is 11.3 Å². The Morgan fingerprint density at radius 1 is 1.12 bits per heavy atom. The summed E-state index contributed by atoms with van der Waals surface area (Å²) in [6.07, 6.45) is 0. The van der Waals surface area contributed by atoms with Crippen molar-refractivity contribution in [2.24, 2.45) is 5.10 Å². The summed E-state index contributed by atoms with van der Waals surface area (Å²) in [6, 6.07) is 16.2. The lowest BCUT2D eigenvalue weighted by molar-refractivity contribution is -0.139. The monoisotopic (exact) mass is 341 g/mol. The van der Waals surface area contributed by atoms with E-state index in [-0.39, 0.29) is 12.5 Å². The maximum atomic E-state index is 11.8. The number of carboxylic acid groups (broad SMARTS) is 1. The smallest absolute Gasteiger partial charge is 0.341 e. The molecule has 2 rings (SSSR count). The highest BCUT2D eigenvalue weighted by atomic mass is 16.5. The van der Waals surface area contributed by atoms with Gasteiger partial charge in [-0.15, -0.1) is 0 Å². The van der Waals surface area contributed by atoms with Gasteiger partial charge in [-0.3, -0.25) is 4.79 Å². The molecule has 0 saturated heterocycles. The van der Waals surface area contributed by atoms with Crippen LogP contribution >= 0.6 is 0 Å². The molecule has 0 spiro atoms. The van der Waals surface area contributed by atoms with Crippen LogP contribution in [0.2, 0.25) is 0 Å². The number of anilines is 1. The standard InChI is InChI=1S/C18H19N3O4/c1-13(14-6-5-9-16(10-14)25-12-18(23)24)20-21-17(22)11-19-15-7-3-2-4-8-15/h2-10,19H,11-12H2,1H3,(H,21,22)(H,23,24)/b20-13-.